The van der Waals surface area contributed by atoms with Crippen molar-refractivity contribution in [3.05, 3.63) is 22.9 Å². The van der Waals surface area contributed by atoms with Gasteiger partial charge in [0.1, 0.15) is 11.7 Å². The summed E-state index contributed by atoms with van der Waals surface area (Å²) < 4.78 is 0. The molecule has 0 saturated heterocycles. The Bertz CT molecular complexity index is 398. The number of rotatable bonds is 2. The van der Waals surface area contributed by atoms with Gasteiger partial charge in [0, 0.05) is 12.7 Å². The predicted molar refractivity (Wildman–Crippen MR) is 61.4 cm³/mol. The lowest BCUT2D eigenvalue weighted by molar-refractivity contribution is 0.668. The highest BCUT2D eigenvalue weighted by Crippen LogP contribution is 2.24. The zero-order valence-electron chi connectivity index (χ0n) is 8.93. The largest absolute Gasteiger partial charge is 0.384 e. The quantitative estimate of drug-likeness (QED) is 0.502. The molecule has 2 rings (SSSR count). The lowest BCUT2D eigenvalue weighted by atomic mass is 9.94. The number of pyridine rings is 1. The normalized spacial score (nSPS) is 14.5. The summed E-state index contributed by atoms with van der Waals surface area (Å²) in [5.74, 6) is 0.809. The molecule has 0 fully saturated rings. The topological polar surface area (TPSA) is 74.8 Å². The van der Waals surface area contributed by atoms with Gasteiger partial charge in [-0.3, -0.25) is 5.41 Å². The van der Waals surface area contributed by atoms with Crippen molar-refractivity contribution in [2.75, 3.05) is 12.4 Å². The van der Waals surface area contributed by atoms with E-state index in [1.54, 1.807) is 0 Å². The number of aryl methyl sites for hydroxylation is 2. The number of aromatic nitrogens is 1. The number of anilines is 1. The summed E-state index contributed by atoms with van der Waals surface area (Å²) in [6.45, 7) is 0. The van der Waals surface area contributed by atoms with Crippen LogP contribution in [0.25, 0.3) is 0 Å². The number of hydrogen-bond acceptors (Lipinski definition) is 3. The number of nitrogens with one attached hydrogen (secondary N) is 2. The Kier molecular flexibility index (Phi) is 2.58. The van der Waals surface area contributed by atoms with Gasteiger partial charge in [0.25, 0.3) is 0 Å². The second kappa shape index (κ2) is 3.88. The summed E-state index contributed by atoms with van der Waals surface area (Å²) in [4.78, 5) is 4.52. The number of nitrogens with zero attached hydrogens (tertiary/aromatic N) is 1. The average molecular weight is 204 g/mol. The van der Waals surface area contributed by atoms with Crippen LogP contribution in [0.4, 0.5) is 5.82 Å². The second-order valence-electron chi connectivity index (χ2n) is 3.86. The van der Waals surface area contributed by atoms with Crippen LogP contribution in [0.15, 0.2) is 6.07 Å². The first-order chi connectivity index (χ1) is 7.22. The second-order valence-corrected chi connectivity index (χ2v) is 3.86. The third-order valence-electron chi connectivity index (χ3n) is 2.83. The lowest BCUT2D eigenvalue weighted by Gasteiger charge is -2.18. The van der Waals surface area contributed by atoms with Crippen LogP contribution in [0.5, 0.6) is 0 Å². The summed E-state index contributed by atoms with van der Waals surface area (Å²) in [5.41, 5.74) is 8.66. The summed E-state index contributed by atoms with van der Waals surface area (Å²) in [6.07, 6.45) is 4.53. The van der Waals surface area contributed by atoms with Crippen molar-refractivity contribution in [3.63, 3.8) is 0 Å². The van der Waals surface area contributed by atoms with E-state index in [2.05, 4.69) is 10.3 Å². The molecule has 4 nitrogen and oxygen atoms in total. The van der Waals surface area contributed by atoms with Crippen molar-refractivity contribution >= 4 is 11.7 Å². The minimum Gasteiger partial charge on any atom is -0.384 e. The highest BCUT2D eigenvalue weighted by Gasteiger charge is 2.15. The molecule has 0 saturated carbocycles. The monoisotopic (exact) mass is 204 g/mol. The maximum absolute atomic E-state index is 7.49. The molecule has 1 aromatic rings. The molecule has 0 aliphatic heterocycles. The van der Waals surface area contributed by atoms with Crippen molar-refractivity contribution in [1.29, 1.82) is 5.41 Å². The highest BCUT2D eigenvalue weighted by atomic mass is 15.0. The molecule has 4 N–H and O–H groups in total. The third kappa shape index (κ3) is 1.79. The molecule has 80 valence electrons. The van der Waals surface area contributed by atoms with E-state index in [1.807, 2.05) is 13.1 Å². The molecule has 4 heteroatoms. The number of amidine groups is 1. The van der Waals surface area contributed by atoms with Crippen LogP contribution in [0, 0.1) is 5.41 Å². The van der Waals surface area contributed by atoms with E-state index in [1.165, 1.54) is 18.4 Å². The maximum Gasteiger partial charge on any atom is 0.137 e. The van der Waals surface area contributed by atoms with Gasteiger partial charge in [-0.2, -0.15) is 0 Å². The SMILES string of the molecule is CNc1nc2c(cc1C(=N)N)CCCC2. The van der Waals surface area contributed by atoms with Crippen LogP contribution in [0.1, 0.15) is 29.7 Å². The maximum atomic E-state index is 7.49. The van der Waals surface area contributed by atoms with Crippen LogP contribution < -0.4 is 11.1 Å². The molecule has 0 aromatic carbocycles. The zero-order valence-corrected chi connectivity index (χ0v) is 8.93. The van der Waals surface area contributed by atoms with E-state index in [4.69, 9.17) is 11.1 Å². The van der Waals surface area contributed by atoms with Gasteiger partial charge in [-0.15, -0.1) is 0 Å². The van der Waals surface area contributed by atoms with Gasteiger partial charge in [0.15, 0.2) is 0 Å². The van der Waals surface area contributed by atoms with Gasteiger partial charge in [0.2, 0.25) is 0 Å². The fraction of sp³-hybridized carbons (Fsp3) is 0.455. The van der Waals surface area contributed by atoms with Crippen molar-refractivity contribution in [2.24, 2.45) is 5.73 Å². The molecule has 1 aromatic heterocycles. The van der Waals surface area contributed by atoms with Crippen molar-refractivity contribution in [1.82, 2.24) is 4.98 Å². The number of fused-ring (bicyclic) bond motifs is 1. The molecule has 0 bridgehead atoms. The molecule has 1 aliphatic rings. The van der Waals surface area contributed by atoms with Crippen LogP contribution >= 0.6 is 0 Å². The van der Waals surface area contributed by atoms with Crippen molar-refractivity contribution < 1.29 is 0 Å². The van der Waals surface area contributed by atoms with Crippen LogP contribution in [0.2, 0.25) is 0 Å². The van der Waals surface area contributed by atoms with Gasteiger partial charge in [-0.25, -0.2) is 4.98 Å². The molecule has 1 aliphatic carbocycles. The van der Waals surface area contributed by atoms with Crippen LogP contribution in [-0.4, -0.2) is 17.9 Å². The van der Waals surface area contributed by atoms with Crippen LogP contribution in [-0.2, 0) is 12.8 Å². The molecular formula is C11H16N4. The molecule has 0 atom stereocenters. The van der Waals surface area contributed by atoms with Gasteiger partial charge in [0.05, 0.1) is 5.56 Å². The Morgan fingerprint density at radius 2 is 2.20 bits per heavy atom. The third-order valence-corrected chi connectivity index (χ3v) is 2.83. The van der Waals surface area contributed by atoms with E-state index in [0.717, 1.165) is 29.9 Å². The highest BCUT2D eigenvalue weighted by molar-refractivity contribution is 5.99. The van der Waals surface area contributed by atoms with Gasteiger partial charge in [-0.05, 0) is 37.3 Å². The van der Waals surface area contributed by atoms with Crippen molar-refractivity contribution in [3.8, 4) is 0 Å². The lowest BCUT2D eigenvalue weighted by Crippen LogP contribution is -2.17. The Morgan fingerprint density at radius 1 is 1.47 bits per heavy atom. The molecular weight excluding hydrogens is 188 g/mol. The van der Waals surface area contributed by atoms with Gasteiger partial charge in [-0.1, -0.05) is 0 Å². The standard InChI is InChI=1S/C11H16N4/c1-14-11-8(10(12)13)6-7-4-2-3-5-9(7)15-11/h6H,2-5H2,1H3,(H3,12,13)(H,14,15). The fourth-order valence-electron chi connectivity index (χ4n) is 2.03. The number of hydrogen-bond donors (Lipinski definition) is 3. The minimum atomic E-state index is 0.0835. The average Bonchev–Trinajstić information content (AvgIpc) is 2.27. The van der Waals surface area contributed by atoms with Crippen molar-refractivity contribution in [2.45, 2.75) is 25.7 Å². The zero-order chi connectivity index (χ0) is 10.8. The predicted octanol–water partition coefficient (Wildman–Crippen LogP) is 1.29. The number of nitrogen functional groups attached to an aromatic ring is 1. The van der Waals surface area contributed by atoms with E-state index in [-0.39, 0.29) is 5.84 Å². The summed E-state index contributed by atoms with van der Waals surface area (Å²) >= 11 is 0. The molecule has 0 amide bonds. The molecule has 15 heavy (non-hydrogen) atoms. The van der Waals surface area contributed by atoms with Gasteiger partial charge < -0.3 is 11.1 Å². The number of nitrogens with two attached hydrogens (primary N) is 1. The van der Waals surface area contributed by atoms with Crippen LogP contribution in [0.3, 0.4) is 0 Å². The minimum absolute atomic E-state index is 0.0835. The fourth-order valence-corrected chi connectivity index (χ4v) is 2.03. The summed E-state index contributed by atoms with van der Waals surface area (Å²) in [7, 11) is 1.81. The van der Waals surface area contributed by atoms with Gasteiger partial charge >= 0.3 is 0 Å². The summed E-state index contributed by atoms with van der Waals surface area (Å²) in [6, 6.07) is 2.01. The first-order valence-electron chi connectivity index (χ1n) is 5.27. The molecule has 0 spiro atoms. The molecule has 1 heterocycles. The smallest absolute Gasteiger partial charge is 0.137 e. The Morgan fingerprint density at radius 3 is 2.87 bits per heavy atom. The first-order valence-corrected chi connectivity index (χ1v) is 5.27. The molecule has 0 radical (unpaired) electrons. The summed E-state index contributed by atoms with van der Waals surface area (Å²) in [5, 5.41) is 10.5. The Labute approximate surface area is 89.4 Å². The molecule has 0 unspecified atom stereocenters. The first kappa shape index (κ1) is 9.96. The Balaban J connectivity index is 2.51. The van der Waals surface area contributed by atoms with E-state index in [9.17, 15) is 0 Å². The van der Waals surface area contributed by atoms with E-state index < -0.39 is 0 Å². The van der Waals surface area contributed by atoms with E-state index in [0.29, 0.717) is 0 Å². The Hall–Kier alpha value is -1.58. The van der Waals surface area contributed by atoms with E-state index >= 15 is 0 Å².